The standard InChI is InChI=1S/C21H22N4O2/c1-21(2,3)25-19(26)17-13-14-22-20(24-17)23-16-11-7-8-12-18(16)27-15-9-5-4-6-10-15/h4-14H,1-3H3,(H,25,26)(H,22,23,24). The molecule has 1 amide bonds. The zero-order chi connectivity index (χ0) is 19.3. The van der Waals surface area contributed by atoms with E-state index in [1.807, 2.05) is 75.4 Å². The Morgan fingerprint density at radius 3 is 2.41 bits per heavy atom. The van der Waals surface area contributed by atoms with Crippen LogP contribution < -0.4 is 15.4 Å². The summed E-state index contributed by atoms with van der Waals surface area (Å²) >= 11 is 0. The molecule has 6 nitrogen and oxygen atoms in total. The average molecular weight is 362 g/mol. The van der Waals surface area contributed by atoms with Crippen molar-refractivity contribution in [1.82, 2.24) is 15.3 Å². The minimum Gasteiger partial charge on any atom is -0.455 e. The summed E-state index contributed by atoms with van der Waals surface area (Å²) in [5.74, 6) is 1.44. The summed E-state index contributed by atoms with van der Waals surface area (Å²) in [6.07, 6.45) is 1.55. The zero-order valence-electron chi connectivity index (χ0n) is 15.6. The number of para-hydroxylation sites is 3. The van der Waals surface area contributed by atoms with Crippen LogP contribution in [0.25, 0.3) is 0 Å². The topological polar surface area (TPSA) is 76.1 Å². The number of carbonyl (C=O) groups excluding carboxylic acids is 1. The van der Waals surface area contributed by atoms with Gasteiger partial charge in [-0.15, -0.1) is 0 Å². The first-order chi connectivity index (χ1) is 12.9. The van der Waals surface area contributed by atoms with Crippen molar-refractivity contribution in [1.29, 1.82) is 0 Å². The maximum Gasteiger partial charge on any atom is 0.270 e. The molecule has 3 aromatic rings. The van der Waals surface area contributed by atoms with Crippen LogP contribution in [0.15, 0.2) is 66.9 Å². The highest BCUT2D eigenvalue weighted by molar-refractivity contribution is 5.93. The maximum atomic E-state index is 12.3. The summed E-state index contributed by atoms with van der Waals surface area (Å²) in [4.78, 5) is 20.8. The van der Waals surface area contributed by atoms with Crippen LogP contribution in [0.2, 0.25) is 0 Å². The zero-order valence-corrected chi connectivity index (χ0v) is 15.6. The van der Waals surface area contributed by atoms with E-state index in [9.17, 15) is 4.79 Å². The third-order valence-electron chi connectivity index (χ3n) is 3.48. The first kappa shape index (κ1) is 18.4. The molecule has 0 spiro atoms. The smallest absolute Gasteiger partial charge is 0.270 e. The molecule has 27 heavy (non-hydrogen) atoms. The summed E-state index contributed by atoms with van der Waals surface area (Å²) in [5, 5.41) is 6.01. The van der Waals surface area contributed by atoms with Crippen molar-refractivity contribution < 1.29 is 9.53 Å². The van der Waals surface area contributed by atoms with Crippen LogP contribution in [-0.4, -0.2) is 21.4 Å². The number of carbonyl (C=O) groups is 1. The molecule has 2 N–H and O–H groups in total. The molecule has 6 heteroatoms. The van der Waals surface area contributed by atoms with Crippen molar-refractivity contribution in [2.24, 2.45) is 0 Å². The van der Waals surface area contributed by atoms with Crippen LogP contribution in [0.4, 0.5) is 11.6 Å². The molecule has 0 radical (unpaired) electrons. The van der Waals surface area contributed by atoms with Gasteiger partial charge < -0.3 is 15.4 Å². The predicted molar refractivity (Wildman–Crippen MR) is 105 cm³/mol. The van der Waals surface area contributed by atoms with Gasteiger partial charge >= 0.3 is 0 Å². The van der Waals surface area contributed by atoms with Crippen LogP contribution >= 0.6 is 0 Å². The fourth-order valence-corrected chi connectivity index (χ4v) is 2.34. The van der Waals surface area contributed by atoms with Gasteiger partial charge in [0.1, 0.15) is 11.4 Å². The Balaban J connectivity index is 1.80. The highest BCUT2D eigenvalue weighted by atomic mass is 16.5. The van der Waals surface area contributed by atoms with Gasteiger partial charge in [0.2, 0.25) is 5.95 Å². The highest BCUT2D eigenvalue weighted by Gasteiger charge is 2.17. The van der Waals surface area contributed by atoms with Crippen molar-refractivity contribution in [2.45, 2.75) is 26.3 Å². The quantitative estimate of drug-likeness (QED) is 0.697. The molecule has 0 aliphatic carbocycles. The van der Waals surface area contributed by atoms with Crippen LogP contribution in [0, 0.1) is 0 Å². The lowest BCUT2D eigenvalue weighted by molar-refractivity contribution is 0.0914. The number of nitrogens with one attached hydrogen (secondary N) is 2. The van der Waals surface area contributed by atoms with Crippen LogP contribution in [0.5, 0.6) is 11.5 Å². The second-order valence-electron chi connectivity index (χ2n) is 7.01. The molecule has 1 aromatic heterocycles. The summed E-state index contributed by atoms with van der Waals surface area (Å²) in [6.45, 7) is 5.76. The van der Waals surface area contributed by atoms with Gasteiger partial charge in [0.15, 0.2) is 5.75 Å². The fraction of sp³-hybridized carbons (Fsp3) is 0.190. The van der Waals surface area contributed by atoms with Crippen molar-refractivity contribution in [3.8, 4) is 11.5 Å². The lowest BCUT2D eigenvalue weighted by Crippen LogP contribution is -2.41. The molecule has 0 saturated heterocycles. The Morgan fingerprint density at radius 1 is 0.963 bits per heavy atom. The molecule has 138 valence electrons. The Labute approximate surface area is 158 Å². The molecule has 0 unspecified atom stereocenters. The second kappa shape index (κ2) is 7.86. The largest absolute Gasteiger partial charge is 0.455 e. The van der Waals surface area contributed by atoms with E-state index in [1.165, 1.54) is 0 Å². The molecule has 1 heterocycles. The second-order valence-corrected chi connectivity index (χ2v) is 7.01. The van der Waals surface area contributed by atoms with Gasteiger partial charge in [0, 0.05) is 11.7 Å². The number of amides is 1. The molecule has 3 rings (SSSR count). The highest BCUT2D eigenvalue weighted by Crippen LogP contribution is 2.30. The van der Waals surface area contributed by atoms with Crippen LogP contribution in [0.3, 0.4) is 0 Å². The van der Waals surface area contributed by atoms with Crippen molar-refractivity contribution in [2.75, 3.05) is 5.32 Å². The van der Waals surface area contributed by atoms with Gasteiger partial charge in [-0.1, -0.05) is 30.3 Å². The third-order valence-corrected chi connectivity index (χ3v) is 3.48. The summed E-state index contributed by atoms with van der Waals surface area (Å²) in [5.41, 5.74) is 0.657. The summed E-state index contributed by atoms with van der Waals surface area (Å²) < 4.78 is 5.93. The first-order valence-electron chi connectivity index (χ1n) is 8.65. The minimum atomic E-state index is -0.342. The van der Waals surface area contributed by atoms with Gasteiger partial charge in [-0.3, -0.25) is 4.79 Å². The van der Waals surface area contributed by atoms with Crippen molar-refractivity contribution in [3.63, 3.8) is 0 Å². The first-order valence-corrected chi connectivity index (χ1v) is 8.65. The van der Waals surface area contributed by atoms with E-state index in [1.54, 1.807) is 12.3 Å². The van der Waals surface area contributed by atoms with Gasteiger partial charge in [0.05, 0.1) is 5.69 Å². The van der Waals surface area contributed by atoms with Crippen molar-refractivity contribution in [3.05, 3.63) is 72.6 Å². The Hall–Kier alpha value is -3.41. The molecule has 2 aromatic carbocycles. The SMILES string of the molecule is CC(C)(C)NC(=O)c1ccnc(Nc2ccccc2Oc2ccccc2)n1. The molecule has 0 fully saturated rings. The number of anilines is 2. The monoisotopic (exact) mass is 362 g/mol. The lowest BCUT2D eigenvalue weighted by atomic mass is 10.1. The molecule has 0 bridgehead atoms. The third kappa shape index (κ3) is 5.28. The molecule has 0 saturated carbocycles. The Kier molecular flexibility index (Phi) is 5.35. The van der Waals surface area contributed by atoms with Crippen LogP contribution in [0.1, 0.15) is 31.3 Å². The van der Waals surface area contributed by atoms with Gasteiger partial charge in [-0.25, -0.2) is 9.97 Å². The van der Waals surface area contributed by atoms with Crippen molar-refractivity contribution >= 4 is 17.5 Å². The molecule has 0 aliphatic rings. The fourth-order valence-electron chi connectivity index (χ4n) is 2.34. The number of rotatable bonds is 5. The number of aromatic nitrogens is 2. The van der Waals surface area contributed by atoms with E-state index in [0.29, 0.717) is 23.1 Å². The molecular weight excluding hydrogens is 340 g/mol. The average Bonchev–Trinajstić information content (AvgIpc) is 2.63. The number of benzene rings is 2. The summed E-state index contributed by atoms with van der Waals surface area (Å²) in [6, 6.07) is 18.6. The number of hydrogen-bond acceptors (Lipinski definition) is 5. The minimum absolute atomic E-state index is 0.248. The van der Waals surface area contributed by atoms with E-state index in [2.05, 4.69) is 20.6 Å². The van der Waals surface area contributed by atoms with E-state index >= 15 is 0 Å². The van der Waals surface area contributed by atoms with E-state index in [-0.39, 0.29) is 11.4 Å². The van der Waals surface area contributed by atoms with Gasteiger partial charge in [-0.2, -0.15) is 0 Å². The van der Waals surface area contributed by atoms with Gasteiger partial charge in [0.25, 0.3) is 5.91 Å². The number of nitrogens with zero attached hydrogens (tertiary/aromatic N) is 2. The Bertz CT molecular complexity index is 921. The number of ether oxygens (including phenoxy) is 1. The van der Waals surface area contributed by atoms with E-state index in [0.717, 1.165) is 5.75 Å². The predicted octanol–water partition coefficient (Wildman–Crippen LogP) is 4.54. The van der Waals surface area contributed by atoms with Gasteiger partial charge in [-0.05, 0) is 51.1 Å². The normalized spacial score (nSPS) is 10.9. The maximum absolute atomic E-state index is 12.3. The molecular formula is C21H22N4O2. The molecule has 0 aliphatic heterocycles. The number of hydrogen-bond donors (Lipinski definition) is 2. The van der Waals surface area contributed by atoms with E-state index < -0.39 is 0 Å². The Morgan fingerprint density at radius 2 is 1.67 bits per heavy atom. The van der Waals surface area contributed by atoms with Crippen LogP contribution in [-0.2, 0) is 0 Å². The molecule has 0 atom stereocenters. The van der Waals surface area contributed by atoms with E-state index in [4.69, 9.17) is 4.74 Å². The summed E-state index contributed by atoms with van der Waals surface area (Å²) in [7, 11) is 0. The lowest BCUT2D eigenvalue weighted by Gasteiger charge is -2.20.